The third-order valence-electron chi connectivity index (χ3n) is 6.34. The molecule has 1 aromatic heterocycles. The fraction of sp³-hybridized carbons (Fsp3) is 0.308. The number of methoxy groups -OCH3 is 1. The number of fused-ring (bicyclic) bond motifs is 1. The van der Waals surface area contributed by atoms with Crippen molar-refractivity contribution in [2.75, 3.05) is 20.3 Å². The average molecular weight is 483 g/mol. The van der Waals surface area contributed by atoms with Crippen molar-refractivity contribution in [3.8, 4) is 11.4 Å². The van der Waals surface area contributed by atoms with Crippen LogP contribution in [0.3, 0.4) is 0 Å². The number of rotatable bonds is 4. The monoisotopic (exact) mass is 482 g/mol. The number of oxime groups is 1. The molecular weight excluding hydrogens is 457 g/mol. The molecule has 6 nitrogen and oxygen atoms in total. The lowest BCUT2D eigenvalue weighted by atomic mass is 10.0. The van der Waals surface area contributed by atoms with Crippen molar-refractivity contribution in [1.82, 2.24) is 14.5 Å². The third kappa shape index (κ3) is 4.50. The van der Waals surface area contributed by atoms with E-state index >= 15 is 0 Å². The van der Waals surface area contributed by atoms with Crippen LogP contribution in [0.5, 0.6) is 5.75 Å². The number of hydrogen-bond acceptors (Lipinski definition) is 5. The van der Waals surface area contributed by atoms with Crippen LogP contribution in [0.2, 0.25) is 0 Å². The van der Waals surface area contributed by atoms with Gasteiger partial charge in [-0.05, 0) is 73.2 Å². The highest BCUT2D eigenvalue weighted by atomic mass is 19.2. The first-order chi connectivity index (χ1) is 16.9. The number of nitrogens with zero attached hydrogens (tertiary/aromatic N) is 4. The number of aromatic nitrogens is 2. The Balaban J connectivity index is 1.49. The van der Waals surface area contributed by atoms with Gasteiger partial charge in [0.1, 0.15) is 12.4 Å². The maximum atomic E-state index is 14.0. The first kappa shape index (κ1) is 23.0. The van der Waals surface area contributed by atoms with Crippen LogP contribution < -0.4 is 4.74 Å². The van der Waals surface area contributed by atoms with Crippen LogP contribution in [0.15, 0.2) is 53.6 Å². The van der Waals surface area contributed by atoms with Gasteiger partial charge in [-0.2, -0.15) is 0 Å². The minimum absolute atomic E-state index is 0.119. The van der Waals surface area contributed by atoms with Gasteiger partial charge >= 0.3 is 0 Å². The number of halogens is 3. The first-order valence-electron chi connectivity index (χ1n) is 11.5. The highest BCUT2D eigenvalue weighted by Gasteiger charge is 2.33. The summed E-state index contributed by atoms with van der Waals surface area (Å²) in [7, 11) is 1.62. The zero-order chi connectivity index (χ0) is 24.5. The van der Waals surface area contributed by atoms with E-state index in [1.165, 1.54) is 0 Å². The predicted octanol–water partition coefficient (Wildman–Crippen LogP) is 5.56. The lowest BCUT2D eigenvalue weighted by Gasteiger charge is -2.36. The smallest absolute Gasteiger partial charge is 0.194 e. The van der Waals surface area contributed by atoms with Gasteiger partial charge in [-0.1, -0.05) is 11.2 Å². The number of benzene rings is 2. The van der Waals surface area contributed by atoms with Crippen molar-refractivity contribution >= 4 is 11.9 Å². The Labute approximate surface area is 201 Å². The van der Waals surface area contributed by atoms with Crippen LogP contribution in [0, 0.1) is 24.4 Å². The molecule has 0 radical (unpaired) electrons. The van der Waals surface area contributed by atoms with Gasteiger partial charge in [0.2, 0.25) is 0 Å². The summed E-state index contributed by atoms with van der Waals surface area (Å²) in [6.07, 6.45) is 8.26. The van der Waals surface area contributed by atoms with E-state index in [0.717, 1.165) is 53.9 Å². The molecule has 1 atom stereocenters. The summed E-state index contributed by atoms with van der Waals surface area (Å²) >= 11 is 0. The summed E-state index contributed by atoms with van der Waals surface area (Å²) < 4.78 is 49.0. The topological polar surface area (TPSA) is 51.9 Å². The molecule has 0 saturated carbocycles. The van der Waals surface area contributed by atoms with E-state index in [9.17, 15) is 13.2 Å². The summed E-state index contributed by atoms with van der Waals surface area (Å²) in [5.41, 5.74) is 3.96. The van der Waals surface area contributed by atoms with Gasteiger partial charge in [0.25, 0.3) is 0 Å². The van der Waals surface area contributed by atoms with Gasteiger partial charge in [-0.3, -0.25) is 0 Å². The largest absolute Gasteiger partial charge is 0.495 e. The van der Waals surface area contributed by atoms with Crippen molar-refractivity contribution in [2.24, 2.45) is 5.16 Å². The van der Waals surface area contributed by atoms with Gasteiger partial charge < -0.3 is 19.0 Å². The van der Waals surface area contributed by atoms with E-state index in [1.807, 2.05) is 46.9 Å². The number of imidazole rings is 1. The molecule has 0 amide bonds. The van der Waals surface area contributed by atoms with E-state index in [2.05, 4.69) is 10.1 Å². The summed E-state index contributed by atoms with van der Waals surface area (Å²) in [4.78, 5) is 11.8. The second kappa shape index (κ2) is 9.48. The Bertz CT molecular complexity index is 1290. The molecule has 0 N–H and O–H groups in total. The van der Waals surface area contributed by atoms with Gasteiger partial charge in [0.05, 0.1) is 30.9 Å². The van der Waals surface area contributed by atoms with E-state index in [-0.39, 0.29) is 6.61 Å². The first-order valence-corrected chi connectivity index (χ1v) is 11.5. The van der Waals surface area contributed by atoms with Crippen LogP contribution >= 0.6 is 0 Å². The van der Waals surface area contributed by atoms with Gasteiger partial charge in [-0.15, -0.1) is 0 Å². The minimum Gasteiger partial charge on any atom is -0.495 e. The van der Waals surface area contributed by atoms with Gasteiger partial charge in [-0.25, -0.2) is 18.2 Å². The van der Waals surface area contributed by atoms with E-state index in [1.54, 1.807) is 13.4 Å². The van der Waals surface area contributed by atoms with Crippen molar-refractivity contribution in [1.29, 1.82) is 0 Å². The Kier molecular flexibility index (Phi) is 6.23. The fourth-order valence-electron chi connectivity index (χ4n) is 4.61. The minimum atomic E-state index is -1.47. The quantitative estimate of drug-likeness (QED) is 0.457. The molecule has 2 aliphatic rings. The normalized spacial score (nSPS) is 19.1. The third-order valence-corrected chi connectivity index (χ3v) is 6.34. The van der Waals surface area contributed by atoms with Gasteiger partial charge in [0.15, 0.2) is 23.3 Å². The molecule has 9 heteroatoms. The maximum absolute atomic E-state index is 14.0. The van der Waals surface area contributed by atoms with Gasteiger partial charge in [0, 0.05) is 12.7 Å². The van der Waals surface area contributed by atoms with Crippen molar-refractivity contribution in [2.45, 2.75) is 32.2 Å². The van der Waals surface area contributed by atoms with Crippen LogP contribution in [0.4, 0.5) is 13.2 Å². The lowest BCUT2D eigenvalue weighted by molar-refractivity contribution is 0.0611. The number of ether oxygens (including phenoxy) is 1. The predicted molar refractivity (Wildman–Crippen MR) is 126 cm³/mol. The Morgan fingerprint density at radius 1 is 1.11 bits per heavy atom. The molecule has 2 aliphatic heterocycles. The second-order valence-corrected chi connectivity index (χ2v) is 8.70. The van der Waals surface area contributed by atoms with Crippen molar-refractivity contribution < 1.29 is 22.7 Å². The highest BCUT2D eigenvalue weighted by Crippen LogP contribution is 2.34. The highest BCUT2D eigenvalue weighted by molar-refractivity contribution is 6.02. The second-order valence-electron chi connectivity index (χ2n) is 8.70. The SMILES string of the molecule is COc1cc(C=C2CCCCN3C2=NOC[C@@H]3c2cc(F)c(F)c(F)c2)ccc1-n1cnc(C)c1. The standard InChI is InChI=1S/C26H25F3N4O2/c1-16-13-32(15-30-16)22-7-6-17(10-24(22)34-2)9-18-5-3-4-8-33-23(14-35-31-26(18)33)19-11-20(27)25(29)21(28)12-19/h6-7,9-13,15,23H,3-5,8,14H2,1-2H3/t23-/m1/s1. The molecule has 0 spiro atoms. The van der Waals surface area contributed by atoms with Crippen molar-refractivity contribution in [3.63, 3.8) is 0 Å². The number of amidine groups is 1. The molecule has 0 aliphatic carbocycles. The zero-order valence-corrected chi connectivity index (χ0v) is 19.5. The molecule has 1 fully saturated rings. The van der Waals surface area contributed by atoms with Crippen LogP contribution in [-0.4, -0.2) is 40.5 Å². The molecular formula is C26H25F3N4O2. The Hall–Kier alpha value is -3.75. The van der Waals surface area contributed by atoms with Crippen LogP contribution in [-0.2, 0) is 4.84 Å². The summed E-state index contributed by atoms with van der Waals surface area (Å²) in [5, 5.41) is 4.31. The molecule has 1 saturated heterocycles. The molecule has 2 aromatic carbocycles. The Morgan fingerprint density at radius 3 is 2.63 bits per heavy atom. The number of aryl methyl sites for hydroxylation is 1. The average Bonchev–Trinajstić information content (AvgIpc) is 3.19. The van der Waals surface area contributed by atoms with Crippen LogP contribution in [0.25, 0.3) is 11.8 Å². The zero-order valence-electron chi connectivity index (χ0n) is 19.5. The molecule has 5 rings (SSSR count). The van der Waals surface area contributed by atoms with Crippen LogP contribution in [0.1, 0.15) is 42.1 Å². The summed E-state index contributed by atoms with van der Waals surface area (Å²) in [6.45, 7) is 2.69. The van der Waals surface area contributed by atoms with E-state index < -0.39 is 23.5 Å². The molecule has 3 aromatic rings. The summed E-state index contributed by atoms with van der Waals surface area (Å²) in [6, 6.07) is 7.49. The molecule has 0 bridgehead atoms. The molecule has 35 heavy (non-hydrogen) atoms. The summed E-state index contributed by atoms with van der Waals surface area (Å²) in [5.74, 6) is -2.58. The Morgan fingerprint density at radius 2 is 1.91 bits per heavy atom. The molecule has 0 unspecified atom stereocenters. The number of hydrogen-bond donors (Lipinski definition) is 0. The van der Waals surface area contributed by atoms with Crippen molar-refractivity contribution in [3.05, 3.63) is 82.7 Å². The molecule has 3 heterocycles. The fourth-order valence-corrected chi connectivity index (χ4v) is 4.61. The van der Waals surface area contributed by atoms with E-state index in [4.69, 9.17) is 9.57 Å². The lowest BCUT2D eigenvalue weighted by Crippen LogP contribution is -2.40. The van der Waals surface area contributed by atoms with E-state index in [0.29, 0.717) is 23.7 Å². The molecule has 182 valence electrons. The maximum Gasteiger partial charge on any atom is 0.194 e.